The van der Waals surface area contributed by atoms with Gasteiger partial charge in [-0.05, 0) is 42.8 Å². The summed E-state index contributed by atoms with van der Waals surface area (Å²) in [6.45, 7) is 2.01. The number of nitrogens with one attached hydrogen (secondary N) is 1. The van der Waals surface area contributed by atoms with Crippen LogP contribution in [0.15, 0.2) is 40.9 Å². The summed E-state index contributed by atoms with van der Waals surface area (Å²) in [5.74, 6) is 0. The summed E-state index contributed by atoms with van der Waals surface area (Å²) >= 11 is 9.35. The van der Waals surface area contributed by atoms with Gasteiger partial charge in [0.1, 0.15) is 6.07 Å². The van der Waals surface area contributed by atoms with Gasteiger partial charge < -0.3 is 5.32 Å². The Bertz CT molecular complexity index is 632. The van der Waals surface area contributed by atoms with Gasteiger partial charge in [-0.15, -0.1) is 0 Å². The van der Waals surface area contributed by atoms with Gasteiger partial charge in [-0.2, -0.15) is 5.26 Å². The average molecular weight is 322 g/mol. The first-order valence-corrected chi connectivity index (χ1v) is 6.50. The molecule has 4 heteroatoms. The van der Waals surface area contributed by atoms with Crippen molar-refractivity contribution >= 4 is 38.9 Å². The lowest BCUT2D eigenvalue weighted by atomic mass is 10.1. The maximum Gasteiger partial charge on any atom is 0.101 e. The normalized spacial score (nSPS) is 9.89. The molecule has 0 saturated carbocycles. The minimum Gasteiger partial charge on any atom is -0.354 e. The second kappa shape index (κ2) is 5.43. The molecule has 0 spiro atoms. The molecule has 1 N–H and O–H groups in total. The topological polar surface area (TPSA) is 35.8 Å². The monoisotopic (exact) mass is 320 g/mol. The number of rotatable bonds is 2. The molecule has 0 bridgehead atoms. The molecular weight excluding hydrogens is 312 g/mol. The highest BCUT2D eigenvalue weighted by Gasteiger charge is 2.06. The van der Waals surface area contributed by atoms with Crippen molar-refractivity contribution in [3.63, 3.8) is 0 Å². The Morgan fingerprint density at radius 1 is 1.22 bits per heavy atom. The van der Waals surface area contributed by atoms with E-state index in [4.69, 9.17) is 16.9 Å². The molecule has 18 heavy (non-hydrogen) atoms. The molecule has 2 aromatic carbocycles. The van der Waals surface area contributed by atoms with E-state index in [1.165, 1.54) is 0 Å². The number of benzene rings is 2. The van der Waals surface area contributed by atoms with Gasteiger partial charge in [0.25, 0.3) is 0 Å². The van der Waals surface area contributed by atoms with Gasteiger partial charge in [0.15, 0.2) is 0 Å². The maximum atomic E-state index is 9.09. The lowest BCUT2D eigenvalue weighted by molar-refractivity contribution is 1.39. The van der Waals surface area contributed by atoms with Crippen molar-refractivity contribution in [3.05, 3.63) is 57.0 Å². The first-order valence-electron chi connectivity index (χ1n) is 5.33. The van der Waals surface area contributed by atoms with E-state index in [0.29, 0.717) is 10.6 Å². The molecule has 90 valence electrons. The Morgan fingerprint density at radius 2 is 2.00 bits per heavy atom. The van der Waals surface area contributed by atoms with Crippen molar-refractivity contribution in [3.8, 4) is 6.07 Å². The molecule has 0 atom stereocenters. The molecule has 0 unspecified atom stereocenters. The number of nitriles is 1. The smallest absolute Gasteiger partial charge is 0.101 e. The Kier molecular flexibility index (Phi) is 3.90. The molecule has 2 rings (SSSR count). The third-order valence-electron chi connectivity index (χ3n) is 2.64. The van der Waals surface area contributed by atoms with Crippen molar-refractivity contribution in [2.75, 3.05) is 5.32 Å². The zero-order valence-corrected chi connectivity index (χ0v) is 12.0. The summed E-state index contributed by atoms with van der Waals surface area (Å²) < 4.78 is 1.03. The fraction of sp³-hybridized carbons (Fsp3) is 0.0714. The second-order valence-corrected chi connectivity index (χ2v) is 5.13. The number of halogens is 2. The summed E-state index contributed by atoms with van der Waals surface area (Å²) in [6.07, 6.45) is 0. The lowest BCUT2D eigenvalue weighted by Crippen LogP contribution is -1.96. The predicted octanol–water partition coefficient (Wildman–Crippen LogP) is 5.03. The minimum atomic E-state index is 0.530. The van der Waals surface area contributed by atoms with Crippen LogP contribution in [0.5, 0.6) is 0 Å². The van der Waals surface area contributed by atoms with Crippen molar-refractivity contribution in [2.45, 2.75) is 6.92 Å². The summed E-state index contributed by atoms with van der Waals surface area (Å²) in [5, 5.41) is 12.9. The highest BCUT2D eigenvalue weighted by molar-refractivity contribution is 9.10. The SMILES string of the molecule is Cc1c(Br)cccc1Nc1ccc(Cl)cc1C#N. The van der Waals surface area contributed by atoms with E-state index < -0.39 is 0 Å². The van der Waals surface area contributed by atoms with Gasteiger partial charge in [0.2, 0.25) is 0 Å². The fourth-order valence-corrected chi connectivity index (χ4v) is 2.14. The van der Waals surface area contributed by atoms with Crippen LogP contribution in [0.3, 0.4) is 0 Å². The molecule has 0 heterocycles. The van der Waals surface area contributed by atoms with Gasteiger partial charge in [0.05, 0.1) is 11.3 Å². The molecule has 0 amide bonds. The summed E-state index contributed by atoms with van der Waals surface area (Å²) in [7, 11) is 0. The zero-order chi connectivity index (χ0) is 13.1. The number of hydrogen-bond donors (Lipinski definition) is 1. The van der Waals surface area contributed by atoms with Crippen LogP contribution in [0.2, 0.25) is 5.02 Å². The molecule has 0 fully saturated rings. The quantitative estimate of drug-likeness (QED) is 0.842. The van der Waals surface area contributed by atoms with Crippen LogP contribution < -0.4 is 5.32 Å². The molecule has 0 saturated heterocycles. The second-order valence-electron chi connectivity index (χ2n) is 3.84. The van der Waals surface area contributed by atoms with Crippen LogP contribution in [0.1, 0.15) is 11.1 Å². The molecule has 0 radical (unpaired) electrons. The molecule has 0 aliphatic rings. The van der Waals surface area contributed by atoms with E-state index in [0.717, 1.165) is 21.4 Å². The van der Waals surface area contributed by atoms with E-state index in [2.05, 4.69) is 27.3 Å². The third kappa shape index (κ3) is 2.66. The van der Waals surface area contributed by atoms with Crippen molar-refractivity contribution in [1.29, 1.82) is 5.26 Å². The predicted molar refractivity (Wildman–Crippen MR) is 78.3 cm³/mol. The number of nitrogens with zero attached hydrogens (tertiary/aromatic N) is 1. The highest BCUT2D eigenvalue weighted by Crippen LogP contribution is 2.28. The van der Waals surface area contributed by atoms with E-state index >= 15 is 0 Å². The van der Waals surface area contributed by atoms with Crippen LogP contribution in [-0.4, -0.2) is 0 Å². The molecule has 0 aromatic heterocycles. The fourth-order valence-electron chi connectivity index (χ4n) is 1.61. The zero-order valence-electron chi connectivity index (χ0n) is 9.67. The van der Waals surface area contributed by atoms with Crippen molar-refractivity contribution in [2.24, 2.45) is 0 Å². The Labute approximate surface area is 119 Å². The maximum absolute atomic E-state index is 9.09. The van der Waals surface area contributed by atoms with Crippen LogP contribution in [0, 0.1) is 18.3 Å². The van der Waals surface area contributed by atoms with E-state index in [-0.39, 0.29) is 0 Å². The average Bonchev–Trinajstić information content (AvgIpc) is 2.37. The molecule has 2 nitrogen and oxygen atoms in total. The van der Waals surface area contributed by atoms with E-state index in [9.17, 15) is 0 Å². The standard InChI is InChI=1S/C14H10BrClN2/c1-9-12(15)3-2-4-13(9)18-14-6-5-11(16)7-10(14)8-17/h2-7,18H,1H3. The summed E-state index contributed by atoms with van der Waals surface area (Å²) in [4.78, 5) is 0. The number of hydrogen-bond acceptors (Lipinski definition) is 2. The minimum absolute atomic E-state index is 0.530. The lowest BCUT2D eigenvalue weighted by Gasteiger charge is -2.12. The summed E-state index contributed by atoms with van der Waals surface area (Å²) in [5.41, 5.74) is 3.34. The van der Waals surface area contributed by atoms with E-state index in [1.807, 2.05) is 25.1 Å². The first-order chi connectivity index (χ1) is 8.61. The van der Waals surface area contributed by atoms with Gasteiger partial charge in [-0.25, -0.2) is 0 Å². The van der Waals surface area contributed by atoms with Gasteiger partial charge in [0, 0.05) is 15.2 Å². The number of anilines is 2. The van der Waals surface area contributed by atoms with Crippen molar-refractivity contribution in [1.82, 2.24) is 0 Å². The first kappa shape index (κ1) is 12.9. The van der Waals surface area contributed by atoms with Gasteiger partial charge in [-0.3, -0.25) is 0 Å². The third-order valence-corrected chi connectivity index (χ3v) is 3.73. The Morgan fingerprint density at radius 3 is 2.72 bits per heavy atom. The molecule has 0 aliphatic heterocycles. The van der Waals surface area contributed by atoms with Crippen LogP contribution >= 0.6 is 27.5 Å². The van der Waals surface area contributed by atoms with Crippen LogP contribution in [0.4, 0.5) is 11.4 Å². The van der Waals surface area contributed by atoms with Gasteiger partial charge >= 0.3 is 0 Å². The molecular formula is C14H10BrClN2. The molecule has 2 aromatic rings. The van der Waals surface area contributed by atoms with Crippen molar-refractivity contribution < 1.29 is 0 Å². The van der Waals surface area contributed by atoms with Crippen LogP contribution in [-0.2, 0) is 0 Å². The Hall–Kier alpha value is -1.50. The largest absolute Gasteiger partial charge is 0.354 e. The van der Waals surface area contributed by atoms with Gasteiger partial charge in [-0.1, -0.05) is 33.6 Å². The molecule has 0 aliphatic carbocycles. The van der Waals surface area contributed by atoms with Crippen LogP contribution in [0.25, 0.3) is 0 Å². The Balaban J connectivity index is 2.41. The highest BCUT2D eigenvalue weighted by atomic mass is 79.9. The summed E-state index contributed by atoms with van der Waals surface area (Å²) in [6, 6.07) is 13.2. The van der Waals surface area contributed by atoms with E-state index in [1.54, 1.807) is 18.2 Å².